The van der Waals surface area contributed by atoms with Gasteiger partial charge in [0.15, 0.2) is 0 Å². The zero-order valence-corrected chi connectivity index (χ0v) is 52.4. The molecule has 0 aliphatic rings. The van der Waals surface area contributed by atoms with Gasteiger partial charge in [0.25, 0.3) is 0 Å². The van der Waals surface area contributed by atoms with Crippen LogP contribution < -0.4 is 42.5 Å². The van der Waals surface area contributed by atoms with Crippen LogP contribution in [0.15, 0.2) is 110 Å². The summed E-state index contributed by atoms with van der Waals surface area (Å²) in [6.45, 7) is 11.5. The Hall–Kier alpha value is -9.58. The zero-order chi connectivity index (χ0) is 66.2. The number of carbonyl (C=O) groups excluding carboxylic acids is 8. The normalized spacial score (nSPS) is 14.7. The van der Waals surface area contributed by atoms with Crippen molar-refractivity contribution in [1.82, 2.24) is 57.5 Å². The molecule has 3 heterocycles. The maximum Gasteiger partial charge on any atom is 0.326 e. The summed E-state index contributed by atoms with van der Waals surface area (Å²) in [5.41, 5.74) is 4.40. The molecule has 13 N–H and O–H groups in total. The van der Waals surface area contributed by atoms with Crippen molar-refractivity contribution in [2.45, 2.75) is 148 Å². The smallest absolute Gasteiger partial charge is 0.326 e. The van der Waals surface area contributed by atoms with Crippen LogP contribution in [0.4, 0.5) is 4.39 Å². The van der Waals surface area contributed by atoms with E-state index < -0.39 is 132 Å². The minimum Gasteiger partial charge on any atom is -0.481 e. The van der Waals surface area contributed by atoms with Crippen molar-refractivity contribution in [3.63, 3.8) is 0 Å². The second-order valence-corrected chi connectivity index (χ2v) is 23.9. The summed E-state index contributed by atoms with van der Waals surface area (Å²) < 4.78 is 14.2. The molecule has 0 fully saturated rings. The van der Waals surface area contributed by atoms with E-state index >= 15 is 9.59 Å². The maximum absolute atomic E-state index is 15.0. The fraction of sp³-hybridized carbons (Fsp3) is 0.394. The Kier molecular flexibility index (Phi) is 24.0. The third-order valence-corrected chi connectivity index (χ3v) is 16.5. The van der Waals surface area contributed by atoms with Crippen molar-refractivity contribution in [2.75, 3.05) is 0 Å². The van der Waals surface area contributed by atoms with Crippen LogP contribution in [-0.4, -0.2) is 133 Å². The Balaban J connectivity index is 1.13. The molecule has 0 unspecified atom stereocenters. The molecule has 7 aromatic rings. The second kappa shape index (κ2) is 31.7. The summed E-state index contributed by atoms with van der Waals surface area (Å²) >= 11 is 6.08. The molecular weight excluding hydrogens is 1190 g/mol. The highest BCUT2D eigenvalue weighted by molar-refractivity contribution is 6.30. The molecule has 0 bridgehead atoms. The predicted octanol–water partition coefficient (Wildman–Crippen LogP) is 5.79. The van der Waals surface area contributed by atoms with E-state index in [0.29, 0.717) is 46.0 Å². The molecule has 91 heavy (non-hydrogen) atoms. The number of nitrogens with one attached hydrogen (secondary N) is 11. The van der Waals surface area contributed by atoms with Gasteiger partial charge in [-0.2, -0.15) is 0 Å². The lowest BCUT2D eigenvalue weighted by Crippen LogP contribution is -2.62. The monoisotopic (exact) mass is 1270 g/mol. The number of para-hydroxylation sites is 3. The van der Waals surface area contributed by atoms with Gasteiger partial charge in [-0.25, -0.2) is 9.18 Å². The van der Waals surface area contributed by atoms with Gasteiger partial charge in [0.05, 0.1) is 11.4 Å². The van der Waals surface area contributed by atoms with Crippen LogP contribution in [0.25, 0.3) is 32.7 Å². The average Bonchev–Trinajstić information content (AvgIpc) is 2.28. The van der Waals surface area contributed by atoms with E-state index in [-0.39, 0.29) is 43.0 Å². The number of hydrogen-bond acceptors (Lipinski definition) is 10. The number of H-pyrrole nitrogens is 3. The number of amides is 8. The standard InChI is InChI=1S/C66H79ClFN11O12/c1-8-35(5)57(64(88)77-55(66(90)91)29-41-33-71-49-21-15-12-18-44(41)49)79-65(89)58(36(6)9-2)78-63(87)54(30-56(81)82)76-59(83)50(24-34(3)4)73-61(85)52(27-39-31-69-47-19-13-10-16-42(39)47)75-62(86)53(28-40-32-70-48-20-14-11-17-43(40)48)74-60(84)51(72-37(7)80)26-38-22-23-46(68)45(67)25-38/h10-23,25,31-36,50-55,57-58,69-71H,8-9,24,26-30H2,1-7H3,(H,72,80)(H,73,85)(H,74,84)(H,75,86)(H,76,83)(H,77,88)(H,78,87)(H,79,89)(H,81,82)(H,90,91)/t35-,36-,50-,51-,52+,53+,54-,55-,57-,58-/m0/s1. The number of carboxylic acids is 2. The minimum atomic E-state index is -1.85. The van der Waals surface area contributed by atoms with E-state index in [9.17, 15) is 53.0 Å². The highest BCUT2D eigenvalue weighted by Crippen LogP contribution is 2.24. The van der Waals surface area contributed by atoms with Gasteiger partial charge in [0, 0.05) is 83.9 Å². The van der Waals surface area contributed by atoms with Crippen LogP contribution in [0, 0.1) is 23.6 Å². The molecule has 0 saturated carbocycles. The van der Waals surface area contributed by atoms with E-state index in [1.165, 1.54) is 19.1 Å². The Bertz CT molecular complexity index is 3790. The van der Waals surface area contributed by atoms with Gasteiger partial charge in [-0.15, -0.1) is 0 Å². The second-order valence-electron chi connectivity index (χ2n) is 23.5. The van der Waals surface area contributed by atoms with Crippen molar-refractivity contribution >= 4 is 104 Å². The number of carbonyl (C=O) groups is 10. The molecule has 0 radical (unpaired) electrons. The first kappa shape index (κ1) is 68.9. The lowest BCUT2D eigenvalue weighted by Gasteiger charge is -2.31. The van der Waals surface area contributed by atoms with Gasteiger partial charge < -0.3 is 67.7 Å². The maximum atomic E-state index is 15.0. The molecule has 7 rings (SSSR count). The molecule has 484 valence electrons. The lowest BCUT2D eigenvalue weighted by molar-refractivity contribution is -0.142. The van der Waals surface area contributed by atoms with Crippen LogP contribution >= 0.6 is 11.6 Å². The van der Waals surface area contributed by atoms with Crippen molar-refractivity contribution in [3.8, 4) is 0 Å². The number of hydrogen-bond donors (Lipinski definition) is 13. The summed E-state index contributed by atoms with van der Waals surface area (Å²) in [5, 5.41) is 43.7. The first-order valence-electron chi connectivity index (χ1n) is 30.3. The molecular formula is C66H79ClFN11O12. The van der Waals surface area contributed by atoms with Crippen LogP contribution in [0.3, 0.4) is 0 Å². The van der Waals surface area contributed by atoms with E-state index in [1.54, 1.807) is 90.5 Å². The first-order chi connectivity index (χ1) is 43.3. The van der Waals surface area contributed by atoms with Crippen molar-refractivity contribution in [2.24, 2.45) is 17.8 Å². The summed E-state index contributed by atoms with van der Waals surface area (Å²) in [4.78, 5) is 149. The molecule has 23 nitrogen and oxygen atoms in total. The molecule has 10 atom stereocenters. The number of fused-ring (bicyclic) bond motifs is 3. The fourth-order valence-corrected chi connectivity index (χ4v) is 11.1. The van der Waals surface area contributed by atoms with Gasteiger partial charge in [-0.05, 0) is 76.8 Å². The van der Waals surface area contributed by atoms with E-state index in [4.69, 9.17) is 11.6 Å². The van der Waals surface area contributed by atoms with Crippen molar-refractivity contribution in [1.29, 1.82) is 0 Å². The third-order valence-electron chi connectivity index (χ3n) is 16.2. The van der Waals surface area contributed by atoms with Crippen LogP contribution in [0.2, 0.25) is 5.02 Å². The number of carboxylic acid groups (broad SMARTS) is 2. The molecule has 8 amide bonds. The largest absolute Gasteiger partial charge is 0.481 e. The number of aromatic nitrogens is 3. The van der Waals surface area contributed by atoms with E-state index in [2.05, 4.69) is 57.5 Å². The summed E-state index contributed by atoms with van der Waals surface area (Å²) in [7, 11) is 0. The third kappa shape index (κ3) is 18.5. The Labute approximate surface area is 529 Å². The van der Waals surface area contributed by atoms with Crippen LogP contribution in [0.5, 0.6) is 0 Å². The van der Waals surface area contributed by atoms with Crippen molar-refractivity contribution in [3.05, 3.63) is 143 Å². The average molecular weight is 1270 g/mol. The lowest BCUT2D eigenvalue weighted by atomic mass is 9.94. The number of halogens is 2. The Morgan fingerprint density at radius 1 is 0.473 bits per heavy atom. The van der Waals surface area contributed by atoms with Crippen molar-refractivity contribution < 1.29 is 62.5 Å². The number of aromatic amines is 3. The molecule has 0 spiro atoms. The van der Waals surface area contributed by atoms with Gasteiger partial charge >= 0.3 is 11.9 Å². The van der Waals surface area contributed by atoms with E-state index in [1.807, 2.05) is 42.5 Å². The highest BCUT2D eigenvalue weighted by atomic mass is 35.5. The van der Waals surface area contributed by atoms with E-state index in [0.717, 1.165) is 27.9 Å². The zero-order valence-electron chi connectivity index (χ0n) is 51.6. The molecule has 3 aromatic heterocycles. The van der Waals surface area contributed by atoms with Gasteiger partial charge in [0.2, 0.25) is 47.3 Å². The number of aliphatic carboxylic acids is 2. The quantitative estimate of drug-likeness (QED) is 0.0238. The summed E-state index contributed by atoms with van der Waals surface area (Å²) in [6.07, 6.45) is 4.01. The topological polar surface area (TPSA) is 355 Å². The molecule has 0 aliphatic carbocycles. The summed E-state index contributed by atoms with van der Waals surface area (Å²) in [6, 6.07) is 13.9. The van der Waals surface area contributed by atoms with Gasteiger partial charge in [0.1, 0.15) is 54.2 Å². The predicted molar refractivity (Wildman–Crippen MR) is 340 cm³/mol. The number of benzene rings is 4. The Morgan fingerprint density at radius 3 is 1.26 bits per heavy atom. The SMILES string of the molecule is CC[C@H](C)[C@H](NC(=O)[C@H](CC(=O)O)NC(=O)[C@H](CC(C)C)NC(=O)[C@@H](Cc1c[nH]c2ccccc12)NC(=O)[C@@H](Cc1c[nH]c2ccccc12)NC(=O)[C@H](Cc1ccc(F)c(Cl)c1)NC(C)=O)C(=O)N[C@H](C(=O)N[C@@H](Cc1c[nH]c2ccccc12)C(=O)O)[C@@H](C)CC. The first-order valence-corrected chi connectivity index (χ1v) is 30.6. The van der Waals surface area contributed by atoms with Crippen LogP contribution in [-0.2, 0) is 73.6 Å². The Morgan fingerprint density at radius 2 is 0.846 bits per heavy atom. The molecule has 25 heteroatoms. The fourth-order valence-electron chi connectivity index (χ4n) is 10.9. The highest BCUT2D eigenvalue weighted by Gasteiger charge is 2.38. The summed E-state index contributed by atoms with van der Waals surface area (Å²) in [5.74, 6) is -11.9. The van der Waals surface area contributed by atoms with Gasteiger partial charge in [-0.3, -0.25) is 43.2 Å². The van der Waals surface area contributed by atoms with Gasteiger partial charge in [-0.1, -0.05) is 127 Å². The molecule has 4 aromatic carbocycles. The van der Waals surface area contributed by atoms with Crippen LogP contribution in [0.1, 0.15) is 96.4 Å². The molecule has 0 saturated heterocycles. The molecule has 0 aliphatic heterocycles. The minimum absolute atomic E-state index is 0.0722. The number of rotatable bonds is 32.